The van der Waals surface area contributed by atoms with E-state index in [1.54, 1.807) is 12.1 Å². The monoisotopic (exact) mass is 282 g/mol. The summed E-state index contributed by atoms with van der Waals surface area (Å²) in [5.41, 5.74) is 0.0162. The number of non-ortho nitro benzene ring substituents is 1. The van der Waals surface area contributed by atoms with Crippen LogP contribution in [0.4, 0.5) is 10.1 Å². The van der Waals surface area contributed by atoms with E-state index in [-0.39, 0.29) is 17.4 Å². The number of nitrogens with zero attached hydrogens (tertiary/aromatic N) is 2. The van der Waals surface area contributed by atoms with Crippen molar-refractivity contribution in [3.8, 4) is 5.75 Å². The van der Waals surface area contributed by atoms with E-state index in [0.29, 0.717) is 11.3 Å². The molecule has 0 saturated heterocycles. The highest BCUT2D eigenvalue weighted by Crippen LogP contribution is 2.23. The largest absolute Gasteiger partial charge is 0.486 e. The average Bonchev–Trinajstić information content (AvgIpc) is 2.37. The minimum atomic E-state index is -0.690. The van der Waals surface area contributed by atoms with Gasteiger partial charge in [0.2, 0.25) is 0 Å². The number of benzene rings is 1. The Bertz CT molecular complexity index is 622. The first-order valence-corrected chi connectivity index (χ1v) is 5.61. The molecule has 2 aromatic rings. The average molecular weight is 283 g/mol. The molecule has 0 atom stereocenters. The summed E-state index contributed by atoms with van der Waals surface area (Å²) in [4.78, 5) is 13.8. The van der Waals surface area contributed by atoms with Gasteiger partial charge in [0.05, 0.1) is 11.0 Å². The zero-order valence-electron chi connectivity index (χ0n) is 9.55. The second-order valence-corrected chi connectivity index (χ2v) is 4.01. The molecule has 0 fully saturated rings. The molecule has 98 valence electrons. The summed E-state index contributed by atoms with van der Waals surface area (Å²) in [5.74, 6) is -0.360. The van der Waals surface area contributed by atoms with Crippen LogP contribution in [-0.2, 0) is 6.61 Å². The number of hydrogen-bond acceptors (Lipinski definition) is 4. The van der Waals surface area contributed by atoms with Gasteiger partial charge in [-0.2, -0.15) is 0 Å². The number of nitro benzene ring substituents is 1. The van der Waals surface area contributed by atoms with E-state index in [1.807, 2.05) is 0 Å². The molecule has 0 aliphatic heterocycles. The highest BCUT2D eigenvalue weighted by atomic mass is 35.5. The molecule has 0 amide bonds. The molecule has 0 unspecified atom stereocenters. The zero-order valence-corrected chi connectivity index (χ0v) is 10.3. The lowest BCUT2D eigenvalue weighted by atomic mass is 10.2. The molecule has 0 aliphatic carbocycles. The molecule has 0 spiro atoms. The van der Waals surface area contributed by atoms with Gasteiger partial charge in [0.15, 0.2) is 10.9 Å². The van der Waals surface area contributed by atoms with E-state index in [4.69, 9.17) is 16.3 Å². The van der Waals surface area contributed by atoms with Crippen molar-refractivity contribution in [2.45, 2.75) is 6.61 Å². The first kappa shape index (κ1) is 13.2. The fourth-order valence-electron chi connectivity index (χ4n) is 1.46. The predicted molar refractivity (Wildman–Crippen MR) is 66.6 cm³/mol. The topological polar surface area (TPSA) is 65.3 Å². The van der Waals surface area contributed by atoms with Crippen molar-refractivity contribution in [2.75, 3.05) is 0 Å². The molecule has 0 N–H and O–H groups in total. The molecule has 1 aromatic heterocycles. The Kier molecular flexibility index (Phi) is 3.91. The van der Waals surface area contributed by atoms with Gasteiger partial charge in [-0.3, -0.25) is 10.1 Å². The van der Waals surface area contributed by atoms with Gasteiger partial charge in [-0.15, -0.1) is 0 Å². The summed E-state index contributed by atoms with van der Waals surface area (Å²) in [6.45, 7) is -0.0377. The van der Waals surface area contributed by atoms with Crippen LogP contribution >= 0.6 is 11.6 Å². The van der Waals surface area contributed by atoms with Crippen molar-refractivity contribution >= 4 is 17.3 Å². The summed E-state index contributed by atoms with van der Waals surface area (Å²) in [7, 11) is 0. The molecule has 1 aromatic carbocycles. The van der Waals surface area contributed by atoms with Crippen LogP contribution in [0.25, 0.3) is 0 Å². The van der Waals surface area contributed by atoms with Crippen LogP contribution in [0.1, 0.15) is 5.56 Å². The fraction of sp³-hybridized carbons (Fsp3) is 0.0833. The van der Waals surface area contributed by atoms with E-state index in [2.05, 4.69) is 4.98 Å². The highest BCUT2D eigenvalue weighted by molar-refractivity contribution is 6.30. The third kappa shape index (κ3) is 3.38. The maximum Gasteiger partial charge on any atom is 0.272 e. The third-order valence-electron chi connectivity index (χ3n) is 2.27. The lowest BCUT2D eigenvalue weighted by Gasteiger charge is -2.07. The maximum absolute atomic E-state index is 13.2. The minimum absolute atomic E-state index is 0.0377. The normalized spacial score (nSPS) is 10.2. The Balaban J connectivity index is 2.16. The summed E-state index contributed by atoms with van der Waals surface area (Å²) >= 11 is 5.79. The first-order chi connectivity index (χ1) is 9.06. The quantitative estimate of drug-likeness (QED) is 0.490. The summed E-state index contributed by atoms with van der Waals surface area (Å²) < 4.78 is 18.5. The zero-order chi connectivity index (χ0) is 13.8. The van der Waals surface area contributed by atoms with Crippen molar-refractivity contribution < 1.29 is 14.1 Å². The van der Waals surface area contributed by atoms with Crippen LogP contribution in [0.15, 0.2) is 36.5 Å². The molecule has 19 heavy (non-hydrogen) atoms. The molecule has 0 aliphatic rings. The Morgan fingerprint density at radius 2 is 2.21 bits per heavy atom. The molecular weight excluding hydrogens is 275 g/mol. The molecule has 5 nitrogen and oxygen atoms in total. The Morgan fingerprint density at radius 3 is 2.89 bits per heavy atom. The smallest absolute Gasteiger partial charge is 0.272 e. The third-order valence-corrected chi connectivity index (χ3v) is 2.56. The molecular formula is C12H8ClFN2O3. The number of rotatable bonds is 4. The van der Waals surface area contributed by atoms with Gasteiger partial charge in [-0.1, -0.05) is 11.6 Å². The molecule has 0 radical (unpaired) electrons. The molecule has 1 heterocycles. The SMILES string of the molecule is O=[N+]([O-])c1cc(F)cc(COc2cccnc2Cl)c1. The lowest BCUT2D eigenvalue weighted by Crippen LogP contribution is -1.99. The molecule has 0 bridgehead atoms. The van der Waals surface area contributed by atoms with Crippen LogP contribution in [0.5, 0.6) is 5.75 Å². The summed E-state index contributed by atoms with van der Waals surface area (Å²) in [6.07, 6.45) is 1.50. The van der Waals surface area contributed by atoms with E-state index < -0.39 is 10.7 Å². The van der Waals surface area contributed by atoms with Gasteiger partial charge in [-0.05, 0) is 23.8 Å². The van der Waals surface area contributed by atoms with E-state index in [1.165, 1.54) is 12.3 Å². The minimum Gasteiger partial charge on any atom is -0.486 e. The Morgan fingerprint density at radius 1 is 1.42 bits per heavy atom. The van der Waals surface area contributed by atoms with Crippen LogP contribution in [0.3, 0.4) is 0 Å². The number of hydrogen-bond donors (Lipinski definition) is 0. The second kappa shape index (κ2) is 5.62. The molecule has 0 saturated carbocycles. The van der Waals surface area contributed by atoms with Gasteiger partial charge in [0.25, 0.3) is 5.69 Å². The number of ether oxygens (including phenoxy) is 1. The van der Waals surface area contributed by atoms with Gasteiger partial charge >= 0.3 is 0 Å². The van der Waals surface area contributed by atoms with Crippen molar-refractivity contribution in [1.29, 1.82) is 0 Å². The van der Waals surface area contributed by atoms with Crippen LogP contribution in [0.2, 0.25) is 5.15 Å². The van der Waals surface area contributed by atoms with Crippen LogP contribution in [0, 0.1) is 15.9 Å². The van der Waals surface area contributed by atoms with Crippen molar-refractivity contribution in [2.24, 2.45) is 0 Å². The van der Waals surface area contributed by atoms with Gasteiger partial charge in [-0.25, -0.2) is 9.37 Å². The maximum atomic E-state index is 13.2. The number of halogens is 2. The second-order valence-electron chi connectivity index (χ2n) is 3.66. The number of aromatic nitrogens is 1. The highest BCUT2D eigenvalue weighted by Gasteiger charge is 2.10. The lowest BCUT2D eigenvalue weighted by molar-refractivity contribution is -0.385. The van der Waals surface area contributed by atoms with Gasteiger partial charge in [0, 0.05) is 12.3 Å². The van der Waals surface area contributed by atoms with E-state index >= 15 is 0 Å². The van der Waals surface area contributed by atoms with E-state index in [9.17, 15) is 14.5 Å². The summed E-state index contributed by atoms with van der Waals surface area (Å²) in [5, 5.41) is 10.8. The fourth-order valence-corrected chi connectivity index (χ4v) is 1.64. The molecule has 7 heteroatoms. The van der Waals surface area contributed by atoms with E-state index in [0.717, 1.165) is 12.1 Å². The van der Waals surface area contributed by atoms with Crippen molar-refractivity contribution in [1.82, 2.24) is 4.98 Å². The Hall–Kier alpha value is -2.21. The number of pyridine rings is 1. The summed E-state index contributed by atoms with van der Waals surface area (Å²) in [6, 6.07) is 6.49. The molecule has 2 rings (SSSR count). The van der Waals surface area contributed by atoms with Crippen molar-refractivity contribution in [3.63, 3.8) is 0 Å². The van der Waals surface area contributed by atoms with Gasteiger partial charge in [0.1, 0.15) is 12.4 Å². The number of nitro groups is 1. The van der Waals surface area contributed by atoms with Gasteiger partial charge < -0.3 is 4.74 Å². The predicted octanol–water partition coefficient (Wildman–Crippen LogP) is 3.36. The van der Waals surface area contributed by atoms with Crippen molar-refractivity contribution in [3.05, 3.63) is 63.2 Å². The standard InChI is InChI=1S/C12H8ClFN2O3/c13-12-11(2-1-3-15-12)19-7-8-4-9(14)6-10(5-8)16(17)18/h1-6H,7H2. The van der Waals surface area contributed by atoms with Crippen LogP contribution < -0.4 is 4.74 Å². The Labute approximate surface area is 112 Å². The van der Waals surface area contributed by atoms with Crippen LogP contribution in [-0.4, -0.2) is 9.91 Å². The first-order valence-electron chi connectivity index (χ1n) is 5.23.